The maximum absolute atomic E-state index is 13.5. The first-order valence-corrected chi connectivity index (χ1v) is 11.9. The first-order chi connectivity index (χ1) is 15.5. The molecule has 2 aliphatic rings. The van der Waals surface area contributed by atoms with Crippen LogP contribution in [0.3, 0.4) is 0 Å². The predicted molar refractivity (Wildman–Crippen MR) is 130 cm³/mol. The maximum atomic E-state index is 13.5. The van der Waals surface area contributed by atoms with Gasteiger partial charge in [-0.25, -0.2) is 9.37 Å². The fourth-order valence-electron chi connectivity index (χ4n) is 4.60. The van der Waals surface area contributed by atoms with Crippen molar-refractivity contribution in [1.82, 2.24) is 15.3 Å². The third-order valence-electron chi connectivity index (χ3n) is 6.49. The van der Waals surface area contributed by atoms with Crippen LogP contribution in [0.1, 0.15) is 49.8 Å². The molecule has 0 atom stereocenters. The van der Waals surface area contributed by atoms with Crippen LogP contribution in [0.5, 0.6) is 0 Å². The van der Waals surface area contributed by atoms with Crippen LogP contribution in [-0.2, 0) is 10.2 Å². The Hall–Kier alpha value is -2.32. The van der Waals surface area contributed by atoms with E-state index >= 15 is 0 Å². The third kappa shape index (κ3) is 5.72. The Balaban J connectivity index is 1.43. The number of halogens is 1. The van der Waals surface area contributed by atoms with E-state index in [2.05, 4.69) is 20.5 Å². The van der Waals surface area contributed by atoms with Crippen LogP contribution in [0.15, 0.2) is 30.3 Å². The lowest BCUT2D eigenvalue weighted by atomic mass is 9.74. The zero-order valence-electron chi connectivity index (χ0n) is 18.7. The van der Waals surface area contributed by atoms with Crippen LogP contribution in [-0.4, -0.2) is 47.9 Å². The van der Waals surface area contributed by atoms with Gasteiger partial charge < -0.3 is 20.3 Å². The SMILES string of the molecule is Cc1cc(N2CCCCCC2)nc(NC(=S)NCC2(c3ccc(F)cc3)CCOCC2)n1. The van der Waals surface area contributed by atoms with Crippen molar-refractivity contribution in [2.45, 2.75) is 50.9 Å². The lowest BCUT2D eigenvalue weighted by Gasteiger charge is -2.38. The summed E-state index contributed by atoms with van der Waals surface area (Å²) in [4.78, 5) is 11.6. The van der Waals surface area contributed by atoms with Gasteiger partial charge in [0.05, 0.1) is 0 Å². The Morgan fingerprint density at radius 1 is 1.09 bits per heavy atom. The van der Waals surface area contributed by atoms with Gasteiger partial charge in [-0.1, -0.05) is 25.0 Å². The highest BCUT2D eigenvalue weighted by Gasteiger charge is 2.34. The maximum Gasteiger partial charge on any atom is 0.231 e. The molecule has 2 saturated heterocycles. The van der Waals surface area contributed by atoms with Gasteiger partial charge in [0.15, 0.2) is 5.11 Å². The Bertz CT molecular complexity index is 909. The number of nitrogens with one attached hydrogen (secondary N) is 2. The lowest BCUT2D eigenvalue weighted by Crippen LogP contribution is -2.45. The smallest absolute Gasteiger partial charge is 0.231 e. The van der Waals surface area contributed by atoms with Crippen LogP contribution in [0.4, 0.5) is 16.2 Å². The first kappa shape index (κ1) is 22.9. The third-order valence-corrected chi connectivity index (χ3v) is 6.74. The summed E-state index contributed by atoms with van der Waals surface area (Å²) in [5, 5.41) is 7.03. The van der Waals surface area contributed by atoms with Crippen LogP contribution in [0, 0.1) is 12.7 Å². The average molecular weight is 458 g/mol. The number of aryl methyl sites for hydroxylation is 1. The van der Waals surface area contributed by atoms with E-state index in [1.165, 1.54) is 37.8 Å². The van der Waals surface area contributed by atoms with Crippen molar-refractivity contribution in [3.05, 3.63) is 47.4 Å². The summed E-state index contributed by atoms with van der Waals surface area (Å²) in [5.74, 6) is 1.25. The molecule has 0 amide bonds. The zero-order chi connectivity index (χ0) is 22.4. The fourth-order valence-corrected chi connectivity index (χ4v) is 4.76. The van der Waals surface area contributed by atoms with Crippen molar-refractivity contribution in [2.24, 2.45) is 0 Å². The van der Waals surface area contributed by atoms with Crippen LogP contribution < -0.4 is 15.5 Å². The number of rotatable bonds is 5. The Morgan fingerprint density at radius 2 is 1.78 bits per heavy atom. The van der Waals surface area contributed by atoms with Gasteiger partial charge in [-0.05, 0) is 62.5 Å². The van der Waals surface area contributed by atoms with Gasteiger partial charge in [0.25, 0.3) is 0 Å². The molecule has 2 aliphatic heterocycles. The summed E-state index contributed by atoms with van der Waals surface area (Å²) in [7, 11) is 0. The van der Waals surface area contributed by atoms with Crippen molar-refractivity contribution < 1.29 is 9.13 Å². The second-order valence-electron chi connectivity index (χ2n) is 8.80. The van der Waals surface area contributed by atoms with Gasteiger partial charge in [-0.15, -0.1) is 0 Å². The topological polar surface area (TPSA) is 62.3 Å². The van der Waals surface area contributed by atoms with Crippen LogP contribution in [0.25, 0.3) is 0 Å². The first-order valence-electron chi connectivity index (χ1n) is 11.5. The molecule has 2 N–H and O–H groups in total. The molecular weight excluding hydrogens is 425 g/mol. The second-order valence-corrected chi connectivity index (χ2v) is 9.21. The van der Waals surface area contributed by atoms with Gasteiger partial charge >= 0.3 is 0 Å². The van der Waals surface area contributed by atoms with Crippen molar-refractivity contribution in [3.63, 3.8) is 0 Å². The van der Waals surface area contributed by atoms with E-state index < -0.39 is 0 Å². The van der Waals surface area contributed by atoms with Gasteiger partial charge in [0.2, 0.25) is 5.95 Å². The number of anilines is 2. The standard InChI is InChI=1S/C24H32FN5OS/c1-18-16-21(30-12-4-2-3-5-13-30)28-22(27-18)29-23(32)26-17-24(10-14-31-15-11-24)19-6-8-20(25)9-7-19/h6-9,16H,2-5,10-15,17H2,1H3,(H2,26,27,28,29,32). The van der Waals surface area contributed by atoms with Crippen molar-refractivity contribution in [1.29, 1.82) is 0 Å². The molecule has 8 heteroatoms. The molecule has 0 saturated carbocycles. The minimum absolute atomic E-state index is 0.150. The molecule has 0 radical (unpaired) electrons. The number of aromatic nitrogens is 2. The summed E-state index contributed by atoms with van der Waals surface area (Å²) in [6.45, 7) is 6.04. The zero-order valence-corrected chi connectivity index (χ0v) is 19.5. The summed E-state index contributed by atoms with van der Waals surface area (Å²) in [5.41, 5.74) is 1.87. The monoisotopic (exact) mass is 457 g/mol. The molecule has 0 aliphatic carbocycles. The quantitative estimate of drug-likeness (QED) is 0.648. The largest absolute Gasteiger partial charge is 0.381 e. The molecule has 32 heavy (non-hydrogen) atoms. The number of hydrogen-bond acceptors (Lipinski definition) is 5. The van der Waals surface area contributed by atoms with Gasteiger partial charge in [-0.3, -0.25) is 0 Å². The van der Waals surface area contributed by atoms with Crippen molar-refractivity contribution in [2.75, 3.05) is 43.1 Å². The molecule has 0 spiro atoms. The molecule has 2 aromatic rings. The van der Waals surface area contributed by atoms with Gasteiger partial charge in [0, 0.05) is 50.0 Å². The second kappa shape index (κ2) is 10.5. The Morgan fingerprint density at radius 3 is 2.47 bits per heavy atom. The molecule has 6 nitrogen and oxygen atoms in total. The minimum Gasteiger partial charge on any atom is -0.381 e. The van der Waals surface area contributed by atoms with Gasteiger partial charge in [-0.2, -0.15) is 4.98 Å². The molecule has 0 unspecified atom stereocenters. The summed E-state index contributed by atoms with van der Waals surface area (Å²) in [6.07, 6.45) is 6.66. The van der Waals surface area contributed by atoms with E-state index in [1.54, 1.807) is 0 Å². The molecule has 1 aromatic heterocycles. The van der Waals surface area contributed by atoms with E-state index in [1.807, 2.05) is 25.1 Å². The van der Waals surface area contributed by atoms with E-state index in [4.69, 9.17) is 21.9 Å². The lowest BCUT2D eigenvalue weighted by molar-refractivity contribution is 0.0515. The number of ether oxygens (including phenoxy) is 1. The van der Waals surface area contributed by atoms with E-state index in [0.29, 0.717) is 30.8 Å². The van der Waals surface area contributed by atoms with Crippen molar-refractivity contribution >= 4 is 29.1 Å². The molecule has 4 rings (SSSR count). The molecule has 0 bridgehead atoms. The van der Waals surface area contributed by atoms with Gasteiger partial charge in [0.1, 0.15) is 11.6 Å². The molecule has 3 heterocycles. The van der Waals surface area contributed by atoms with Crippen LogP contribution >= 0.6 is 12.2 Å². The average Bonchev–Trinajstić information content (AvgIpc) is 3.08. The summed E-state index contributed by atoms with van der Waals surface area (Å²) >= 11 is 5.58. The molecule has 1 aromatic carbocycles. The summed E-state index contributed by atoms with van der Waals surface area (Å²) in [6, 6.07) is 8.83. The predicted octanol–water partition coefficient (Wildman–Crippen LogP) is 4.34. The number of thiocarbonyl (C=S) groups is 1. The number of hydrogen-bond donors (Lipinski definition) is 2. The van der Waals surface area contributed by atoms with E-state index in [0.717, 1.165) is 43.0 Å². The Labute approximate surface area is 195 Å². The highest BCUT2D eigenvalue weighted by Crippen LogP contribution is 2.34. The van der Waals surface area contributed by atoms with E-state index in [-0.39, 0.29) is 11.2 Å². The fraction of sp³-hybridized carbons (Fsp3) is 0.542. The highest BCUT2D eigenvalue weighted by molar-refractivity contribution is 7.80. The van der Waals surface area contributed by atoms with Crippen molar-refractivity contribution in [3.8, 4) is 0 Å². The highest BCUT2D eigenvalue weighted by atomic mass is 32.1. The van der Waals surface area contributed by atoms with E-state index in [9.17, 15) is 4.39 Å². The normalized spacial score (nSPS) is 18.6. The molecule has 2 fully saturated rings. The summed E-state index contributed by atoms with van der Waals surface area (Å²) < 4.78 is 19.1. The molecular formula is C24H32FN5OS. The van der Waals surface area contributed by atoms with Crippen LogP contribution in [0.2, 0.25) is 0 Å². The minimum atomic E-state index is -0.224. The Kier molecular flexibility index (Phi) is 7.52. The number of nitrogens with zero attached hydrogens (tertiary/aromatic N) is 3. The number of benzene rings is 1. The molecule has 172 valence electrons.